The molecule has 0 spiro atoms. The smallest absolute Gasteiger partial charge is 0.345 e. The van der Waals surface area contributed by atoms with E-state index >= 15 is 0 Å². The Bertz CT molecular complexity index is 509. The highest BCUT2D eigenvalue weighted by molar-refractivity contribution is 5.88. The van der Waals surface area contributed by atoms with Crippen LogP contribution in [0.25, 0.3) is 0 Å². The number of rotatable bonds is 3. The summed E-state index contributed by atoms with van der Waals surface area (Å²) in [4.78, 5) is 19.4. The fraction of sp³-hybridized carbons (Fsp3) is 0.417. The molecule has 1 N–H and O–H groups in total. The number of amides is 1. The minimum absolute atomic E-state index is 0.0123. The molecule has 1 aromatic heterocycles. The third kappa shape index (κ3) is 4.69. The molecule has 0 saturated carbocycles. The van der Waals surface area contributed by atoms with Gasteiger partial charge in [-0.2, -0.15) is 13.2 Å². The maximum Gasteiger partial charge on any atom is 0.412 e. The molecule has 0 fully saturated rings. The van der Waals surface area contributed by atoms with Gasteiger partial charge in [-0.05, 0) is 26.3 Å². The molecule has 4 nitrogen and oxygen atoms in total. The van der Waals surface area contributed by atoms with Crippen LogP contribution in [-0.2, 0) is 11.3 Å². The van der Waals surface area contributed by atoms with Crippen LogP contribution in [0.3, 0.4) is 0 Å². The van der Waals surface area contributed by atoms with Gasteiger partial charge in [0.05, 0.1) is 6.54 Å². The highest BCUT2D eigenvalue weighted by Gasteiger charge is 2.30. The Morgan fingerprint density at radius 1 is 1.42 bits per heavy atom. The van der Waals surface area contributed by atoms with Gasteiger partial charge < -0.3 is 5.32 Å². The minimum atomic E-state index is -4.49. The third-order valence-corrected chi connectivity index (χ3v) is 2.49. The third-order valence-electron chi connectivity index (χ3n) is 2.49. The normalized spacial score (nSPS) is 12.4. The topological polar surface area (TPSA) is 54.9 Å². The van der Waals surface area contributed by atoms with Gasteiger partial charge in [-0.3, -0.25) is 4.79 Å². The number of aromatic nitrogens is 2. The van der Waals surface area contributed by atoms with E-state index in [9.17, 15) is 18.0 Å². The van der Waals surface area contributed by atoms with Crippen LogP contribution in [0.1, 0.15) is 24.0 Å². The number of carbonyl (C=O) groups is 1. The molecule has 1 aromatic rings. The van der Waals surface area contributed by atoms with Crippen molar-refractivity contribution in [3.05, 3.63) is 34.9 Å². The van der Waals surface area contributed by atoms with Crippen LogP contribution >= 0.6 is 0 Å². The SMILES string of the molecule is C/C(=C\C(=O)NCc1ncc(C)c(C)n1)C(F)(F)F. The second-order valence-corrected chi connectivity index (χ2v) is 4.10. The Kier molecular flexibility index (Phi) is 4.63. The molecule has 0 aliphatic rings. The van der Waals surface area contributed by atoms with Crippen LogP contribution in [0, 0.1) is 13.8 Å². The number of nitrogens with one attached hydrogen (secondary N) is 1. The average Bonchev–Trinajstić information content (AvgIpc) is 2.29. The molecule has 0 bridgehead atoms. The van der Waals surface area contributed by atoms with Crippen molar-refractivity contribution in [3.63, 3.8) is 0 Å². The summed E-state index contributed by atoms with van der Waals surface area (Å²) >= 11 is 0. The zero-order chi connectivity index (χ0) is 14.6. The predicted molar refractivity (Wildman–Crippen MR) is 63.2 cm³/mol. The molecule has 0 radical (unpaired) electrons. The first kappa shape index (κ1) is 15.1. The number of hydrogen-bond acceptors (Lipinski definition) is 3. The summed E-state index contributed by atoms with van der Waals surface area (Å²) in [5.74, 6) is -0.467. The molecule has 104 valence electrons. The van der Waals surface area contributed by atoms with Gasteiger partial charge >= 0.3 is 6.18 Å². The van der Waals surface area contributed by atoms with Crippen LogP contribution in [-0.4, -0.2) is 22.1 Å². The van der Waals surface area contributed by atoms with Gasteiger partial charge in [-0.25, -0.2) is 9.97 Å². The number of aryl methyl sites for hydroxylation is 2. The summed E-state index contributed by atoms with van der Waals surface area (Å²) in [5.41, 5.74) is 0.718. The van der Waals surface area contributed by atoms with Gasteiger partial charge in [0, 0.05) is 23.5 Å². The molecule has 0 saturated heterocycles. The molecular formula is C12H14F3N3O. The van der Waals surface area contributed by atoms with Crippen molar-refractivity contribution in [3.8, 4) is 0 Å². The number of allylic oxidation sites excluding steroid dienone is 1. The number of nitrogens with zero attached hydrogens (tertiary/aromatic N) is 2. The van der Waals surface area contributed by atoms with Gasteiger partial charge in [-0.1, -0.05) is 0 Å². The molecule has 0 aromatic carbocycles. The maximum absolute atomic E-state index is 12.2. The number of alkyl halides is 3. The van der Waals surface area contributed by atoms with Crippen LogP contribution in [0.2, 0.25) is 0 Å². The first-order valence-electron chi connectivity index (χ1n) is 5.52. The molecule has 0 aliphatic carbocycles. The van der Waals surface area contributed by atoms with Crippen molar-refractivity contribution in [2.75, 3.05) is 0 Å². The fourth-order valence-electron chi connectivity index (χ4n) is 1.16. The fourth-order valence-corrected chi connectivity index (χ4v) is 1.16. The molecule has 1 amide bonds. The standard InChI is InChI=1S/C12H14F3N3O/c1-7-5-16-10(18-9(7)3)6-17-11(19)4-8(2)12(13,14)15/h4-5H,6H2,1-3H3,(H,17,19)/b8-4+. The summed E-state index contributed by atoms with van der Waals surface area (Å²) < 4.78 is 36.6. The lowest BCUT2D eigenvalue weighted by molar-refractivity contribution is -0.118. The molecule has 0 aliphatic heterocycles. The highest BCUT2D eigenvalue weighted by Crippen LogP contribution is 2.24. The first-order chi connectivity index (χ1) is 8.70. The van der Waals surface area contributed by atoms with Crippen molar-refractivity contribution < 1.29 is 18.0 Å². The van der Waals surface area contributed by atoms with Crippen LogP contribution in [0.15, 0.2) is 17.8 Å². The van der Waals surface area contributed by atoms with E-state index in [2.05, 4.69) is 15.3 Å². The quantitative estimate of drug-likeness (QED) is 0.859. The van der Waals surface area contributed by atoms with Crippen LogP contribution < -0.4 is 5.32 Å². The van der Waals surface area contributed by atoms with Gasteiger partial charge in [0.1, 0.15) is 5.82 Å². The number of hydrogen-bond donors (Lipinski definition) is 1. The monoisotopic (exact) mass is 273 g/mol. The predicted octanol–water partition coefficient (Wildman–Crippen LogP) is 2.22. The Hall–Kier alpha value is -1.92. The van der Waals surface area contributed by atoms with Crippen LogP contribution in [0.4, 0.5) is 13.2 Å². The van der Waals surface area contributed by atoms with E-state index in [0.717, 1.165) is 18.2 Å². The second-order valence-electron chi connectivity index (χ2n) is 4.10. The summed E-state index contributed by atoms with van der Waals surface area (Å²) in [6.07, 6.45) is -2.38. The zero-order valence-electron chi connectivity index (χ0n) is 10.8. The molecule has 1 heterocycles. The summed E-state index contributed by atoms with van der Waals surface area (Å²) in [6.45, 7) is 4.46. The Morgan fingerprint density at radius 3 is 2.58 bits per heavy atom. The summed E-state index contributed by atoms with van der Waals surface area (Å²) in [5, 5.41) is 2.31. The Morgan fingerprint density at radius 2 is 2.05 bits per heavy atom. The van der Waals surface area contributed by atoms with Crippen molar-refractivity contribution in [2.24, 2.45) is 0 Å². The first-order valence-corrected chi connectivity index (χ1v) is 5.52. The lowest BCUT2D eigenvalue weighted by Gasteiger charge is -2.07. The van der Waals surface area contributed by atoms with E-state index in [4.69, 9.17) is 0 Å². The van der Waals surface area contributed by atoms with Crippen molar-refractivity contribution >= 4 is 5.91 Å². The van der Waals surface area contributed by atoms with Gasteiger partial charge in [0.25, 0.3) is 0 Å². The Balaban J connectivity index is 2.62. The average molecular weight is 273 g/mol. The molecule has 19 heavy (non-hydrogen) atoms. The molecule has 1 rings (SSSR count). The molecule has 7 heteroatoms. The van der Waals surface area contributed by atoms with Gasteiger partial charge in [-0.15, -0.1) is 0 Å². The second kappa shape index (κ2) is 5.81. The minimum Gasteiger partial charge on any atom is -0.345 e. The van der Waals surface area contributed by atoms with E-state index in [0.29, 0.717) is 11.9 Å². The van der Waals surface area contributed by atoms with E-state index < -0.39 is 17.7 Å². The number of carbonyl (C=O) groups excluding carboxylic acids is 1. The van der Waals surface area contributed by atoms with Crippen molar-refractivity contribution in [1.29, 1.82) is 0 Å². The maximum atomic E-state index is 12.2. The lowest BCUT2D eigenvalue weighted by Crippen LogP contribution is -2.23. The van der Waals surface area contributed by atoms with E-state index in [1.165, 1.54) is 0 Å². The van der Waals surface area contributed by atoms with Crippen LogP contribution in [0.5, 0.6) is 0 Å². The van der Waals surface area contributed by atoms with Gasteiger partial charge in [0.2, 0.25) is 5.91 Å². The van der Waals surface area contributed by atoms with Gasteiger partial charge in [0.15, 0.2) is 0 Å². The molecular weight excluding hydrogens is 259 g/mol. The van der Waals surface area contributed by atoms with E-state index in [1.807, 2.05) is 6.92 Å². The Labute approximate surface area is 108 Å². The largest absolute Gasteiger partial charge is 0.412 e. The zero-order valence-corrected chi connectivity index (χ0v) is 10.8. The van der Waals surface area contributed by atoms with Crippen molar-refractivity contribution in [2.45, 2.75) is 33.5 Å². The van der Waals surface area contributed by atoms with E-state index in [1.54, 1.807) is 13.1 Å². The lowest BCUT2D eigenvalue weighted by atomic mass is 10.2. The van der Waals surface area contributed by atoms with Crippen molar-refractivity contribution in [1.82, 2.24) is 15.3 Å². The van der Waals surface area contributed by atoms with E-state index in [-0.39, 0.29) is 6.54 Å². The highest BCUT2D eigenvalue weighted by atomic mass is 19.4. The summed E-state index contributed by atoms with van der Waals surface area (Å²) in [7, 11) is 0. The molecule has 0 unspecified atom stereocenters. The number of halogens is 3. The molecule has 0 atom stereocenters. The summed E-state index contributed by atoms with van der Waals surface area (Å²) in [6, 6.07) is 0.